The maximum atomic E-state index is 12.9. The number of hydrogen-bond acceptors (Lipinski definition) is 4. The normalized spacial score (nSPS) is 16.4. The predicted octanol–water partition coefficient (Wildman–Crippen LogP) is 4.06. The van der Waals surface area contributed by atoms with Crippen molar-refractivity contribution >= 4 is 46.3 Å². The van der Waals surface area contributed by atoms with E-state index in [2.05, 4.69) is 0 Å². The second kappa shape index (κ2) is 6.75. The topological polar surface area (TPSA) is 32.8 Å². The van der Waals surface area contributed by atoms with E-state index in [9.17, 15) is 4.79 Å². The standard InChI is InChI=1S/C18H18N2O2S2/c1-4-22-14-8-6-13(7-9-14)20-17(21)16(19(3)18(20)23)11-15-10-5-12(2)24-15/h5-11H,4H2,1-3H3/b16-11-. The second-order valence-electron chi connectivity index (χ2n) is 5.39. The van der Waals surface area contributed by atoms with E-state index < -0.39 is 0 Å². The van der Waals surface area contributed by atoms with Crippen molar-refractivity contribution in [3.05, 3.63) is 51.8 Å². The second-order valence-corrected chi connectivity index (χ2v) is 7.07. The van der Waals surface area contributed by atoms with Crippen LogP contribution in [-0.2, 0) is 4.79 Å². The molecule has 0 bridgehead atoms. The van der Waals surface area contributed by atoms with Crippen LogP contribution in [0.3, 0.4) is 0 Å². The molecule has 2 aromatic rings. The Bertz CT molecular complexity index is 809. The van der Waals surface area contributed by atoms with E-state index >= 15 is 0 Å². The third kappa shape index (κ3) is 3.07. The van der Waals surface area contributed by atoms with E-state index in [1.165, 1.54) is 4.88 Å². The van der Waals surface area contributed by atoms with Crippen LogP contribution in [0.5, 0.6) is 5.75 Å². The summed E-state index contributed by atoms with van der Waals surface area (Å²) in [5.74, 6) is 0.662. The highest BCUT2D eigenvalue weighted by atomic mass is 32.1. The van der Waals surface area contributed by atoms with Crippen molar-refractivity contribution in [1.82, 2.24) is 4.90 Å². The average molecular weight is 358 g/mol. The van der Waals surface area contributed by atoms with Gasteiger partial charge in [0.2, 0.25) is 0 Å². The quantitative estimate of drug-likeness (QED) is 0.609. The maximum absolute atomic E-state index is 12.9. The minimum atomic E-state index is -0.113. The number of aryl methyl sites for hydroxylation is 1. The van der Waals surface area contributed by atoms with Crippen LogP contribution in [0, 0.1) is 6.92 Å². The molecule has 6 heteroatoms. The number of carbonyl (C=O) groups is 1. The van der Waals surface area contributed by atoms with Gasteiger partial charge in [0.25, 0.3) is 5.91 Å². The Morgan fingerprint density at radius 2 is 1.92 bits per heavy atom. The highest BCUT2D eigenvalue weighted by molar-refractivity contribution is 7.80. The largest absolute Gasteiger partial charge is 0.494 e. The fourth-order valence-electron chi connectivity index (χ4n) is 2.51. The number of hydrogen-bond donors (Lipinski definition) is 0. The first-order valence-electron chi connectivity index (χ1n) is 7.64. The zero-order valence-corrected chi connectivity index (χ0v) is 15.4. The molecule has 24 heavy (non-hydrogen) atoms. The van der Waals surface area contributed by atoms with Crippen molar-refractivity contribution in [1.29, 1.82) is 0 Å². The van der Waals surface area contributed by atoms with Gasteiger partial charge in [0.05, 0.1) is 12.3 Å². The predicted molar refractivity (Wildman–Crippen MR) is 102 cm³/mol. The molecule has 1 amide bonds. The lowest BCUT2D eigenvalue weighted by molar-refractivity contribution is -0.114. The fraction of sp³-hybridized carbons (Fsp3) is 0.222. The summed E-state index contributed by atoms with van der Waals surface area (Å²) >= 11 is 7.12. The molecule has 0 radical (unpaired) electrons. The molecule has 1 aliphatic rings. The van der Waals surface area contributed by atoms with E-state index in [0.717, 1.165) is 16.3 Å². The van der Waals surface area contributed by atoms with Crippen LogP contribution < -0.4 is 9.64 Å². The first-order valence-corrected chi connectivity index (χ1v) is 8.87. The summed E-state index contributed by atoms with van der Waals surface area (Å²) in [5.41, 5.74) is 1.32. The van der Waals surface area contributed by atoms with E-state index in [1.54, 1.807) is 21.1 Å². The Morgan fingerprint density at radius 1 is 1.21 bits per heavy atom. The molecular weight excluding hydrogens is 340 g/mol. The molecule has 0 spiro atoms. The number of thiophene rings is 1. The van der Waals surface area contributed by atoms with Gasteiger partial charge >= 0.3 is 0 Å². The zero-order valence-electron chi connectivity index (χ0n) is 13.8. The molecule has 0 saturated carbocycles. The molecule has 0 aliphatic carbocycles. The molecule has 1 saturated heterocycles. The summed E-state index contributed by atoms with van der Waals surface area (Å²) in [6.45, 7) is 4.59. The summed E-state index contributed by atoms with van der Waals surface area (Å²) in [5, 5.41) is 0.476. The smallest absolute Gasteiger partial charge is 0.281 e. The van der Waals surface area contributed by atoms with Crippen molar-refractivity contribution < 1.29 is 9.53 Å². The SMILES string of the molecule is CCOc1ccc(N2C(=O)/C(=C/c3ccc(C)s3)N(C)C2=S)cc1. The first-order chi connectivity index (χ1) is 11.5. The van der Waals surface area contributed by atoms with Crippen LogP contribution in [0.4, 0.5) is 5.69 Å². The number of ether oxygens (including phenoxy) is 1. The molecule has 0 N–H and O–H groups in total. The van der Waals surface area contributed by atoms with Gasteiger partial charge in [0.15, 0.2) is 5.11 Å². The van der Waals surface area contributed by atoms with Crippen LogP contribution in [0.25, 0.3) is 6.08 Å². The summed E-state index contributed by atoms with van der Waals surface area (Å²) in [6, 6.07) is 11.4. The highest BCUT2D eigenvalue weighted by Gasteiger charge is 2.36. The molecule has 4 nitrogen and oxygen atoms in total. The molecular formula is C18H18N2O2S2. The van der Waals surface area contributed by atoms with Crippen molar-refractivity contribution in [2.24, 2.45) is 0 Å². The average Bonchev–Trinajstić information content (AvgIpc) is 3.06. The van der Waals surface area contributed by atoms with Crippen LogP contribution in [0.15, 0.2) is 42.1 Å². The maximum Gasteiger partial charge on any atom is 0.281 e. The number of rotatable bonds is 4. The highest BCUT2D eigenvalue weighted by Crippen LogP contribution is 2.30. The lowest BCUT2D eigenvalue weighted by Crippen LogP contribution is -2.31. The zero-order chi connectivity index (χ0) is 17.3. The lowest BCUT2D eigenvalue weighted by Gasteiger charge is -2.16. The van der Waals surface area contributed by atoms with E-state index in [4.69, 9.17) is 17.0 Å². The summed E-state index contributed by atoms with van der Waals surface area (Å²) in [4.78, 5) is 18.4. The van der Waals surface area contributed by atoms with Gasteiger partial charge in [-0.1, -0.05) is 0 Å². The molecule has 1 aromatic carbocycles. The van der Waals surface area contributed by atoms with Gasteiger partial charge in [0.1, 0.15) is 11.4 Å². The van der Waals surface area contributed by atoms with Crippen LogP contribution >= 0.6 is 23.6 Å². The lowest BCUT2D eigenvalue weighted by atomic mass is 10.2. The third-order valence-electron chi connectivity index (χ3n) is 3.71. The summed E-state index contributed by atoms with van der Waals surface area (Å²) in [7, 11) is 1.82. The van der Waals surface area contributed by atoms with Gasteiger partial charge in [-0.3, -0.25) is 9.69 Å². The van der Waals surface area contributed by atoms with Crippen molar-refractivity contribution in [2.45, 2.75) is 13.8 Å². The molecule has 1 aliphatic heterocycles. The minimum Gasteiger partial charge on any atom is -0.494 e. The number of benzene rings is 1. The molecule has 0 unspecified atom stereocenters. The van der Waals surface area contributed by atoms with Gasteiger partial charge < -0.3 is 9.64 Å². The Kier molecular flexibility index (Phi) is 4.69. The summed E-state index contributed by atoms with van der Waals surface area (Å²) in [6.07, 6.45) is 1.89. The molecule has 1 aromatic heterocycles. The molecule has 3 rings (SSSR count). The fourth-order valence-corrected chi connectivity index (χ4v) is 3.61. The summed E-state index contributed by atoms with van der Waals surface area (Å²) < 4.78 is 5.44. The number of anilines is 1. The Labute approximate surface area is 151 Å². The van der Waals surface area contributed by atoms with Gasteiger partial charge in [-0.25, -0.2) is 0 Å². The van der Waals surface area contributed by atoms with Gasteiger partial charge in [-0.15, -0.1) is 11.3 Å². The van der Waals surface area contributed by atoms with Crippen LogP contribution in [0.1, 0.15) is 16.7 Å². The monoisotopic (exact) mass is 358 g/mol. The number of thiocarbonyl (C=S) groups is 1. The molecule has 0 atom stereocenters. The van der Waals surface area contributed by atoms with Crippen molar-refractivity contribution in [3.8, 4) is 5.75 Å². The van der Waals surface area contributed by atoms with Crippen molar-refractivity contribution in [3.63, 3.8) is 0 Å². The Balaban J connectivity index is 1.91. The first kappa shape index (κ1) is 16.7. The minimum absolute atomic E-state index is 0.113. The van der Waals surface area contributed by atoms with E-state index in [1.807, 2.05) is 63.4 Å². The van der Waals surface area contributed by atoms with Gasteiger partial charge in [-0.2, -0.15) is 0 Å². The molecule has 1 fully saturated rings. The van der Waals surface area contributed by atoms with E-state index in [-0.39, 0.29) is 5.91 Å². The van der Waals surface area contributed by atoms with Crippen LogP contribution in [0.2, 0.25) is 0 Å². The third-order valence-corrected chi connectivity index (χ3v) is 5.11. The van der Waals surface area contributed by atoms with Gasteiger partial charge in [-0.05, 0) is 68.5 Å². The Hall–Kier alpha value is -2.18. The number of nitrogens with zero attached hydrogens (tertiary/aromatic N) is 2. The molecule has 2 heterocycles. The van der Waals surface area contributed by atoms with Crippen molar-refractivity contribution in [2.75, 3.05) is 18.6 Å². The number of amides is 1. The number of likely N-dealkylation sites (N-methyl/N-ethyl adjacent to an activating group) is 1. The molecule has 124 valence electrons. The number of carbonyl (C=O) groups excluding carboxylic acids is 1. The van der Waals surface area contributed by atoms with Crippen LogP contribution in [-0.4, -0.2) is 29.6 Å². The van der Waals surface area contributed by atoms with E-state index in [0.29, 0.717) is 17.4 Å². The Morgan fingerprint density at radius 3 is 2.50 bits per heavy atom. The van der Waals surface area contributed by atoms with Gasteiger partial charge in [0, 0.05) is 16.8 Å².